The molecular formula is C25H22FN5O3. The van der Waals surface area contributed by atoms with Gasteiger partial charge in [-0.05, 0) is 48.9 Å². The van der Waals surface area contributed by atoms with E-state index in [1.807, 2.05) is 37.3 Å². The summed E-state index contributed by atoms with van der Waals surface area (Å²) < 4.78 is 15.3. The van der Waals surface area contributed by atoms with Crippen LogP contribution in [0.4, 0.5) is 4.39 Å². The summed E-state index contributed by atoms with van der Waals surface area (Å²) in [5.41, 5.74) is 0.722. The molecule has 172 valence electrons. The maximum absolute atomic E-state index is 13.4. The Labute approximate surface area is 194 Å². The molecule has 0 aliphatic rings. The fourth-order valence-electron chi connectivity index (χ4n) is 3.47. The number of rotatable bonds is 7. The van der Waals surface area contributed by atoms with E-state index in [4.69, 9.17) is 0 Å². The minimum atomic E-state index is -0.805. The molecule has 34 heavy (non-hydrogen) atoms. The third-order valence-electron chi connectivity index (χ3n) is 5.16. The number of aromatic nitrogens is 4. The van der Waals surface area contributed by atoms with Gasteiger partial charge in [0.2, 0.25) is 5.69 Å². The Hall–Kier alpha value is -4.40. The van der Waals surface area contributed by atoms with Crippen LogP contribution >= 0.6 is 0 Å². The highest BCUT2D eigenvalue weighted by atomic mass is 19.1. The molecule has 8 nitrogen and oxygen atoms in total. The average Bonchev–Trinajstić information content (AvgIpc) is 2.83. The van der Waals surface area contributed by atoms with Crippen LogP contribution in [0.5, 0.6) is 0 Å². The molecule has 2 aromatic heterocycles. The van der Waals surface area contributed by atoms with E-state index in [9.17, 15) is 18.8 Å². The second kappa shape index (κ2) is 10.0. The van der Waals surface area contributed by atoms with Gasteiger partial charge in [0.25, 0.3) is 11.5 Å². The van der Waals surface area contributed by atoms with Crippen LogP contribution in [0.1, 0.15) is 27.3 Å². The van der Waals surface area contributed by atoms with Crippen LogP contribution in [0.25, 0.3) is 5.69 Å². The van der Waals surface area contributed by atoms with Crippen molar-refractivity contribution in [1.82, 2.24) is 24.6 Å². The van der Waals surface area contributed by atoms with E-state index < -0.39 is 28.7 Å². The van der Waals surface area contributed by atoms with Crippen LogP contribution < -0.4 is 16.6 Å². The number of hydrogen-bond acceptors (Lipinski definition) is 5. The quantitative estimate of drug-likeness (QED) is 0.457. The first-order chi connectivity index (χ1) is 16.4. The van der Waals surface area contributed by atoms with Gasteiger partial charge in [-0.1, -0.05) is 35.9 Å². The van der Waals surface area contributed by atoms with Gasteiger partial charge in [0.1, 0.15) is 5.82 Å². The average molecular weight is 459 g/mol. The molecule has 0 unspecified atom stereocenters. The fourth-order valence-corrected chi connectivity index (χ4v) is 3.47. The van der Waals surface area contributed by atoms with Gasteiger partial charge in [-0.2, -0.15) is 9.78 Å². The molecule has 0 spiro atoms. The number of nitrogens with one attached hydrogen (secondary N) is 1. The molecule has 0 aliphatic carbocycles. The maximum atomic E-state index is 13.4. The third-order valence-corrected chi connectivity index (χ3v) is 5.16. The second-order valence-corrected chi connectivity index (χ2v) is 7.73. The molecule has 0 radical (unpaired) electrons. The smallest absolute Gasteiger partial charge is 0.350 e. The van der Waals surface area contributed by atoms with Gasteiger partial charge in [-0.15, -0.1) is 0 Å². The van der Waals surface area contributed by atoms with Crippen molar-refractivity contribution < 1.29 is 9.18 Å². The summed E-state index contributed by atoms with van der Waals surface area (Å²) >= 11 is 0. The Morgan fingerprint density at radius 2 is 1.82 bits per heavy atom. The number of nitrogens with zero attached hydrogens (tertiary/aromatic N) is 4. The molecule has 1 N–H and O–H groups in total. The zero-order valence-electron chi connectivity index (χ0n) is 18.4. The first-order valence-electron chi connectivity index (χ1n) is 10.7. The molecule has 4 aromatic rings. The van der Waals surface area contributed by atoms with Crippen LogP contribution in [-0.4, -0.2) is 31.8 Å². The largest absolute Gasteiger partial charge is 0.352 e. The van der Waals surface area contributed by atoms with Crippen LogP contribution in [0.2, 0.25) is 0 Å². The molecule has 0 atom stereocenters. The Balaban J connectivity index is 1.71. The zero-order valence-corrected chi connectivity index (χ0v) is 18.4. The summed E-state index contributed by atoms with van der Waals surface area (Å²) in [4.78, 5) is 43.4. The molecular weight excluding hydrogens is 437 g/mol. The minimum absolute atomic E-state index is 0.0444. The number of amides is 1. The lowest BCUT2D eigenvalue weighted by atomic mass is 10.1. The van der Waals surface area contributed by atoms with E-state index >= 15 is 0 Å². The zero-order chi connectivity index (χ0) is 24.1. The number of hydrogen-bond donors (Lipinski definition) is 1. The van der Waals surface area contributed by atoms with E-state index in [1.165, 1.54) is 24.3 Å². The van der Waals surface area contributed by atoms with Gasteiger partial charge < -0.3 is 5.32 Å². The molecule has 0 aliphatic heterocycles. The predicted octanol–water partition coefficient (Wildman–Crippen LogP) is 2.26. The summed E-state index contributed by atoms with van der Waals surface area (Å²) in [6.07, 6.45) is 2.11. The van der Waals surface area contributed by atoms with E-state index in [0.717, 1.165) is 26.1 Å². The van der Waals surface area contributed by atoms with Gasteiger partial charge in [-0.3, -0.25) is 19.1 Å². The molecule has 0 bridgehead atoms. The normalized spacial score (nSPS) is 10.8. The van der Waals surface area contributed by atoms with Crippen molar-refractivity contribution in [2.75, 3.05) is 6.54 Å². The Kier molecular flexibility index (Phi) is 6.72. The second-order valence-electron chi connectivity index (χ2n) is 7.73. The lowest BCUT2D eigenvalue weighted by Crippen LogP contribution is -2.46. The monoisotopic (exact) mass is 459 g/mol. The van der Waals surface area contributed by atoms with E-state index in [1.54, 1.807) is 18.3 Å². The number of carbonyl (C=O) groups excluding carboxylic acids is 1. The number of pyridine rings is 1. The van der Waals surface area contributed by atoms with Gasteiger partial charge in [0.15, 0.2) is 0 Å². The molecule has 0 saturated carbocycles. The summed E-state index contributed by atoms with van der Waals surface area (Å²) in [5, 5.41) is 6.70. The van der Waals surface area contributed by atoms with Crippen molar-refractivity contribution in [3.63, 3.8) is 0 Å². The van der Waals surface area contributed by atoms with Crippen LogP contribution in [0, 0.1) is 12.7 Å². The number of halogens is 1. The first kappa shape index (κ1) is 22.8. The topological polar surface area (TPSA) is 98.9 Å². The van der Waals surface area contributed by atoms with E-state index in [2.05, 4.69) is 15.4 Å². The van der Waals surface area contributed by atoms with Gasteiger partial charge in [-0.25, -0.2) is 9.18 Å². The summed E-state index contributed by atoms with van der Waals surface area (Å²) in [5.74, 6) is -1.20. The number of benzene rings is 2. The highest BCUT2D eigenvalue weighted by Gasteiger charge is 2.20. The Bertz CT molecular complexity index is 1430. The molecule has 9 heteroatoms. The number of carbonyl (C=O) groups is 1. The van der Waals surface area contributed by atoms with Crippen molar-refractivity contribution in [2.24, 2.45) is 0 Å². The minimum Gasteiger partial charge on any atom is -0.350 e. The summed E-state index contributed by atoms with van der Waals surface area (Å²) in [7, 11) is 0. The van der Waals surface area contributed by atoms with Crippen molar-refractivity contribution >= 4 is 5.91 Å². The summed E-state index contributed by atoms with van der Waals surface area (Å²) in [6.45, 7) is 2.08. The lowest BCUT2D eigenvalue weighted by Gasteiger charge is -2.12. The SMILES string of the molecule is Cc1cccc(Cn2c(=O)c(C(=O)NCCc3ccccn3)nn(-c3ccc(F)cc3)c2=O)c1. The molecule has 2 heterocycles. The molecule has 4 rings (SSSR count). The van der Waals surface area contributed by atoms with Crippen molar-refractivity contribution in [3.05, 3.63) is 122 Å². The fraction of sp³-hybridized carbons (Fsp3) is 0.160. The van der Waals surface area contributed by atoms with Crippen molar-refractivity contribution in [2.45, 2.75) is 19.9 Å². The standard InChI is InChI=1S/C25H22FN5O3/c1-17-5-4-6-18(15-17)16-30-24(33)22(23(32)28-14-12-20-7-2-3-13-27-20)29-31(25(30)34)21-10-8-19(26)9-11-21/h2-11,13,15H,12,14,16H2,1H3,(H,28,32). The van der Waals surface area contributed by atoms with Crippen LogP contribution in [0.3, 0.4) is 0 Å². The van der Waals surface area contributed by atoms with E-state index in [-0.39, 0.29) is 18.8 Å². The van der Waals surface area contributed by atoms with Gasteiger partial charge in [0, 0.05) is 24.9 Å². The first-order valence-corrected chi connectivity index (χ1v) is 10.7. The number of aryl methyl sites for hydroxylation is 1. The van der Waals surface area contributed by atoms with Crippen LogP contribution in [0.15, 0.2) is 82.5 Å². The van der Waals surface area contributed by atoms with Gasteiger partial charge >= 0.3 is 5.69 Å². The molecule has 2 aromatic carbocycles. The maximum Gasteiger partial charge on any atom is 0.352 e. The Morgan fingerprint density at radius 3 is 2.53 bits per heavy atom. The van der Waals surface area contributed by atoms with Crippen molar-refractivity contribution in [1.29, 1.82) is 0 Å². The summed E-state index contributed by atoms with van der Waals surface area (Å²) in [6, 6.07) is 17.9. The highest BCUT2D eigenvalue weighted by molar-refractivity contribution is 5.91. The highest BCUT2D eigenvalue weighted by Crippen LogP contribution is 2.07. The predicted molar refractivity (Wildman–Crippen MR) is 125 cm³/mol. The molecule has 0 saturated heterocycles. The lowest BCUT2D eigenvalue weighted by molar-refractivity contribution is 0.0944. The molecule has 1 amide bonds. The third kappa shape index (κ3) is 5.15. The van der Waals surface area contributed by atoms with Crippen LogP contribution in [-0.2, 0) is 13.0 Å². The Morgan fingerprint density at radius 1 is 1.03 bits per heavy atom. The van der Waals surface area contributed by atoms with E-state index in [0.29, 0.717) is 6.42 Å². The van der Waals surface area contributed by atoms with Crippen molar-refractivity contribution in [3.8, 4) is 5.69 Å². The molecule has 0 fully saturated rings. The van der Waals surface area contributed by atoms with Gasteiger partial charge in [0.05, 0.1) is 12.2 Å².